The number of rotatable bonds is 5. The highest BCUT2D eigenvalue weighted by molar-refractivity contribution is 5.97. The van der Waals surface area contributed by atoms with Crippen molar-refractivity contribution in [3.05, 3.63) is 29.6 Å². The summed E-state index contributed by atoms with van der Waals surface area (Å²) >= 11 is 0. The second-order valence-corrected chi connectivity index (χ2v) is 5.96. The maximum Gasteiger partial charge on any atom is 0.303 e. The van der Waals surface area contributed by atoms with Crippen molar-refractivity contribution >= 4 is 23.5 Å². The van der Waals surface area contributed by atoms with Crippen LogP contribution in [0.25, 0.3) is 0 Å². The molecule has 1 fully saturated rings. The smallest absolute Gasteiger partial charge is 0.303 e. The van der Waals surface area contributed by atoms with Crippen molar-refractivity contribution in [3.63, 3.8) is 0 Å². The van der Waals surface area contributed by atoms with E-state index in [9.17, 15) is 18.8 Å². The molecule has 0 radical (unpaired) electrons. The van der Waals surface area contributed by atoms with Crippen molar-refractivity contribution in [2.24, 2.45) is 0 Å². The van der Waals surface area contributed by atoms with Crippen LogP contribution >= 0.6 is 0 Å². The molecule has 0 spiro atoms. The Kier molecular flexibility index (Phi) is 5.89. The first-order chi connectivity index (χ1) is 11.4. The van der Waals surface area contributed by atoms with Crippen LogP contribution in [-0.2, 0) is 9.59 Å². The summed E-state index contributed by atoms with van der Waals surface area (Å²) in [6, 6.07) is 3.72. The fourth-order valence-electron chi connectivity index (χ4n) is 2.97. The van der Waals surface area contributed by atoms with Gasteiger partial charge in [0, 0.05) is 31.5 Å². The fourth-order valence-corrected chi connectivity index (χ4v) is 2.97. The van der Waals surface area contributed by atoms with Gasteiger partial charge in [0.2, 0.25) is 5.91 Å². The molecule has 2 amide bonds. The molecule has 1 aliphatic rings. The number of amides is 2. The maximum atomic E-state index is 13.7. The van der Waals surface area contributed by atoms with Crippen LogP contribution in [0.3, 0.4) is 0 Å². The molecule has 2 N–H and O–H groups in total. The molecule has 1 atom stereocenters. The van der Waals surface area contributed by atoms with Crippen LogP contribution < -0.4 is 5.32 Å². The molecule has 0 bridgehead atoms. The Hall–Kier alpha value is -2.44. The Morgan fingerprint density at radius 3 is 2.75 bits per heavy atom. The quantitative estimate of drug-likeness (QED) is 0.865. The maximum absolute atomic E-state index is 13.7. The molecule has 2 rings (SSSR count). The molecule has 1 aliphatic heterocycles. The number of nitrogens with zero attached hydrogens (tertiary/aromatic N) is 1. The van der Waals surface area contributed by atoms with Crippen molar-refractivity contribution in [3.8, 4) is 0 Å². The summed E-state index contributed by atoms with van der Waals surface area (Å²) in [4.78, 5) is 36.3. The highest BCUT2D eigenvalue weighted by Crippen LogP contribution is 2.25. The fraction of sp³-hybridized carbons (Fsp3) is 0.471. The molecule has 130 valence electrons. The number of carbonyl (C=O) groups excluding carboxylic acids is 2. The largest absolute Gasteiger partial charge is 0.481 e. The number of carboxylic acids is 1. The van der Waals surface area contributed by atoms with E-state index in [2.05, 4.69) is 5.32 Å². The summed E-state index contributed by atoms with van der Waals surface area (Å²) in [5, 5.41) is 11.2. The normalized spacial score (nSPS) is 17.4. The average molecular weight is 336 g/mol. The molecule has 24 heavy (non-hydrogen) atoms. The zero-order valence-electron chi connectivity index (χ0n) is 13.5. The van der Waals surface area contributed by atoms with E-state index in [4.69, 9.17) is 5.11 Å². The van der Waals surface area contributed by atoms with Crippen molar-refractivity contribution in [1.82, 2.24) is 4.90 Å². The summed E-state index contributed by atoms with van der Waals surface area (Å²) in [6.45, 7) is 1.82. The van der Waals surface area contributed by atoms with Crippen molar-refractivity contribution in [1.29, 1.82) is 0 Å². The molecule has 0 aliphatic carbocycles. The van der Waals surface area contributed by atoms with Gasteiger partial charge in [0.05, 0.1) is 5.69 Å². The number of anilines is 1. The second-order valence-electron chi connectivity index (χ2n) is 5.96. The lowest BCUT2D eigenvalue weighted by atomic mass is 9.97. The van der Waals surface area contributed by atoms with Crippen LogP contribution in [-0.4, -0.2) is 40.4 Å². The van der Waals surface area contributed by atoms with Gasteiger partial charge in [-0.3, -0.25) is 14.4 Å². The lowest BCUT2D eigenvalue weighted by Gasteiger charge is -2.35. The number of carboxylic acid groups (broad SMARTS) is 1. The van der Waals surface area contributed by atoms with Gasteiger partial charge in [0.25, 0.3) is 5.91 Å². The number of carbonyl (C=O) groups is 3. The predicted molar refractivity (Wildman–Crippen MR) is 86.2 cm³/mol. The van der Waals surface area contributed by atoms with Gasteiger partial charge in [0.1, 0.15) is 5.82 Å². The van der Waals surface area contributed by atoms with Gasteiger partial charge >= 0.3 is 5.97 Å². The Morgan fingerprint density at radius 2 is 2.08 bits per heavy atom. The number of piperidine rings is 1. The highest BCUT2D eigenvalue weighted by Gasteiger charge is 2.28. The first-order valence-corrected chi connectivity index (χ1v) is 7.98. The van der Waals surface area contributed by atoms with Gasteiger partial charge in [-0.1, -0.05) is 0 Å². The molecule has 1 aromatic rings. The number of nitrogens with one attached hydrogen (secondary N) is 1. The molecular formula is C17H21FN2O4. The summed E-state index contributed by atoms with van der Waals surface area (Å²) in [5.74, 6) is -2.18. The van der Waals surface area contributed by atoms with E-state index in [0.717, 1.165) is 25.3 Å². The van der Waals surface area contributed by atoms with E-state index in [-0.39, 0.29) is 29.6 Å². The minimum Gasteiger partial charge on any atom is -0.481 e. The summed E-state index contributed by atoms with van der Waals surface area (Å²) in [7, 11) is 0. The highest BCUT2D eigenvalue weighted by atomic mass is 19.1. The van der Waals surface area contributed by atoms with E-state index in [1.165, 1.54) is 19.1 Å². The minimum atomic E-state index is -0.886. The Morgan fingerprint density at radius 1 is 1.33 bits per heavy atom. The van der Waals surface area contributed by atoms with E-state index >= 15 is 0 Å². The molecule has 1 aromatic carbocycles. The number of likely N-dealkylation sites (tertiary alicyclic amines) is 1. The van der Waals surface area contributed by atoms with Crippen LogP contribution in [0.4, 0.5) is 10.1 Å². The van der Waals surface area contributed by atoms with Crippen LogP contribution in [0.2, 0.25) is 0 Å². The molecule has 1 saturated heterocycles. The van der Waals surface area contributed by atoms with Gasteiger partial charge in [-0.2, -0.15) is 0 Å². The zero-order chi connectivity index (χ0) is 17.7. The Balaban J connectivity index is 2.18. The predicted octanol–water partition coefficient (Wildman–Crippen LogP) is 2.64. The molecule has 0 aromatic heterocycles. The third kappa shape index (κ3) is 4.53. The van der Waals surface area contributed by atoms with E-state index in [1.807, 2.05) is 0 Å². The van der Waals surface area contributed by atoms with Crippen molar-refractivity contribution in [2.45, 2.75) is 45.1 Å². The molecule has 1 unspecified atom stereocenters. The topological polar surface area (TPSA) is 86.7 Å². The van der Waals surface area contributed by atoms with Gasteiger partial charge in [-0.15, -0.1) is 0 Å². The van der Waals surface area contributed by atoms with Crippen LogP contribution in [0.15, 0.2) is 18.2 Å². The van der Waals surface area contributed by atoms with Gasteiger partial charge in [0.15, 0.2) is 0 Å². The number of aliphatic carboxylic acids is 1. The lowest BCUT2D eigenvalue weighted by Crippen LogP contribution is -2.44. The summed E-state index contributed by atoms with van der Waals surface area (Å²) in [6.07, 6.45) is 2.98. The second kappa shape index (κ2) is 7.90. The van der Waals surface area contributed by atoms with Crippen LogP contribution in [0.5, 0.6) is 0 Å². The van der Waals surface area contributed by atoms with Crippen molar-refractivity contribution in [2.75, 3.05) is 11.9 Å². The SMILES string of the molecule is CC(=O)Nc1cc(C(=O)N2CCCCC2CCC(=O)O)ccc1F. The van der Waals surface area contributed by atoms with Gasteiger partial charge in [-0.25, -0.2) is 4.39 Å². The summed E-state index contributed by atoms with van der Waals surface area (Å²) in [5.41, 5.74) is 0.245. The van der Waals surface area contributed by atoms with Gasteiger partial charge < -0.3 is 15.3 Å². The van der Waals surface area contributed by atoms with E-state index < -0.39 is 17.7 Å². The minimum absolute atomic E-state index is 0.00894. The zero-order valence-corrected chi connectivity index (χ0v) is 13.5. The number of hydrogen-bond donors (Lipinski definition) is 2. The molecule has 1 heterocycles. The van der Waals surface area contributed by atoms with E-state index in [1.54, 1.807) is 4.90 Å². The summed E-state index contributed by atoms with van der Waals surface area (Å²) < 4.78 is 13.7. The third-order valence-corrected chi connectivity index (χ3v) is 4.10. The number of benzene rings is 1. The van der Waals surface area contributed by atoms with Crippen LogP contribution in [0, 0.1) is 5.82 Å². The number of halogens is 1. The standard InChI is InChI=1S/C17H21FN2O4/c1-11(21)19-15-10-12(5-7-14(15)18)17(24)20-9-3-2-4-13(20)6-8-16(22)23/h5,7,10,13H,2-4,6,8-9H2,1H3,(H,19,21)(H,22,23). The average Bonchev–Trinajstić information content (AvgIpc) is 2.54. The Bertz CT molecular complexity index is 647. The molecule has 0 saturated carbocycles. The first-order valence-electron chi connectivity index (χ1n) is 7.98. The van der Waals surface area contributed by atoms with E-state index in [0.29, 0.717) is 13.0 Å². The van der Waals surface area contributed by atoms with Crippen LogP contribution in [0.1, 0.15) is 49.4 Å². The first kappa shape index (κ1) is 17.9. The monoisotopic (exact) mass is 336 g/mol. The molecule has 6 nitrogen and oxygen atoms in total. The van der Waals surface area contributed by atoms with Gasteiger partial charge in [-0.05, 0) is 43.9 Å². The molecular weight excluding hydrogens is 315 g/mol. The van der Waals surface area contributed by atoms with Crippen molar-refractivity contribution < 1.29 is 23.9 Å². The number of hydrogen-bond acceptors (Lipinski definition) is 3. The lowest BCUT2D eigenvalue weighted by molar-refractivity contribution is -0.137. The Labute approximate surface area is 139 Å². The molecule has 7 heteroatoms. The third-order valence-electron chi connectivity index (χ3n) is 4.10.